The first kappa shape index (κ1) is 18.3. The summed E-state index contributed by atoms with van der Waals surface area (Å²) in [5, 5.41) is 21.5. The van der Waals surface area contributed by atoms with Crippen LogP contribution in [0.25, 0.3) is 0 Å². The summed E-state index contributed by atoms with van der Waals surface area (Å²) < 4.78 is 5.01. The molecule has 0 atom stereocenters. The van der Waals surface area contributed by atoms with Crippen LogP contribution >= 0.6 is 0 Å². The van der Waals surface area contributed by atoms with Gasteiger partial charge in [0.1, 0.15) is 17.4 Å². The molecule has 1 aromatic rings. The van der Waals surface area contributed by atoms with E-state index in [1.54, 1.807) is 24.0 Å². The van der Waals surface area contributed by atoms with Crippen molar-refractivity contribution in [3.63, 3.8) is 0 Å². The van der Waals surface area contributed by atoms with Crippen LogP contribution in [0.15, 0.2) is 36.0 Å². The molecule has 1 aliphatic rings. The highest BCUT2D eigenvalue weighted by Gasteiger charge is 2.29. The van der Waals surface area contributed by atoms with Crippen LogP contribution in [0.4, 0.5) is 5.69 Å². The highest BCUT2D eigenvalue weighted by molar-refractivity contribution is 5.97. The van der Waals surface area contributed by atoms with Crippen LogP contribution in [0.5, 0.6) is 5.75 Å². The van der Waals surface area contributed by atoms with E-state index in [0.29, 0.717) is 38.2 Å². The molecule has 0 saturated carbocycles. The molecule has 2 N–H and O–H groups in total. The maximum atomic E-state index is 12.4. The number of amides is 1. The number of phenolic OH excluding ortho intramolecular Hbond substituents is 1. The van der Waals surface area contributed by atoms with Crippen molar-refractivity contribution in [2.45, 2.75) is 19.8 Å². The predicted molar refractivity (Wildman–Crippen MR) is 91.4 cm³/mol. The van der Waals surface area contributed by atoms with Crippen LogP contribution in [0.2, 0.25) is 0 Å². The number of nitrogens with zero attached hydrogens (tertiary/aromatic N) is 2. The molecule has 1 amide bonds. The van der Waals surface area contributed by atoms with E-state index in [0.717, 1.165) is 0 Å². The number of phenols is 1. The molecule has 0 bridgehead atoms. The fourth-order valence-electron chi connectivity index (χ4n) is 2.64. The molecule has 1 aromatic carbocycles. The van der Waals surface area contributed by atoms with Gasteiger partial charge in [0.15, 0.2) is 0 Å². The summed E-state index contributed by atoms with van der Waals surface area (Å²) >= 11 is 0. The lowest BCUT2D eigenvalue weighted by Gasteiger charge is -2.30. The minimum Gasteiger partial charge on any atom is -0.508 e. The summed E-state index contributed by atoms with van der Waals surface area (Å²) in [4.78, 5) is 25.7. The van der Waals surface area contributed by atoms with Crippen molar-refractivity contribution in [2.24, 2.45) is 5.92 Å². The Kier molecular flexibility index (Phi) is 6.40. The molecule has 0 radical (unpaired) electrons. The largest absolute Gasteiger partial charge is 0.508 e. The first-order chi connectivity index (χ1) is 12.0. The fourth-order valence-corrected chi connectivity index (χ4v) is 2.64. The van der Waals surface area contributed by atoms with Gasteiger partial charge in [-0.1, -0.05) is 6.07 Å². The standard InChI is InChI=1S/C18H21N3O4/c1-2-25-18(24)13-6-8-21(9-7-13)17(23)14(11-19)12-20-15-4-3-5-16(22)10-15/h3-5,10,12-13,20,22H,2,6-9H2,1H3/b14-12-. The Bertz CT molecular complexity index is 701. The van der Waals surface area contributed by atoms with Crippen molar-refractivity contribution in [2.75, 3.05) is 25.0 Å². The minimum atomic E-state index is -0.377. The number of hydrogen-bond acceptors (Lipinski definition) is 6. The van der Waals surface area contributed by atoms with E-state index in [4.69, 9.17) is 4.74 Å². The zero-order chi connectivity index (χ0) is 18.2. The van der Waals surface area contributed by atoms with E-state index in [-0.39, 0.29) is 29.1 Å². The van der Waals surface area contributed by atoms with Crippen LogP contribution in [0, 0.1) is 17.2 Å². The summed E-state index contributed by atoms with van der Waals surface area (Å²) in [6.45, 7) is 2.93. The molecular formula is C18H21N3O4. The number of hydrogen-bond donors (Lipinski definition) is 2. The first-order valence-corrected chi connectivity index (χ1v) is 8.17. The molecule has 0 unspecified atom stereocenters. The number of aromatic hydroxyl groups is 1. The van der Waals surface area contributed by atoms with Gasteiger partial charge >= 0.3 is 5.97 Å². The summed E-state index contributed by atoms with van der Waals surface area (Å²) in [5.41, 5.74) is 0.541. The molecular weight excluding hydrogens is 322 g/mol. The van der Waals surface area contributed by atoms with Crippen molar-refractivity contribution in [1.82, 2.24) is 4.90 Å². The number of nitriles is 1. The van der Waals surface area contributed by atoms with Crippen molar-refractivity contribution in [3.05, 3.63) is 36.0 Å². The van der Waals surface area contributed by atoms with E-state index < -0.39 is 0 Å². The van der Waals surface area contributed by atoms with Gasteiger partial charge in [-0.25, -0.2) is 0 Å². The second-order valence-electron chi connectivity index (χ2n) is 5.68. The number of piperidine rings is 1. The number of benzene rings is 1. The Labute approximate surface area is 146 Å². The van der Waals surface area contributed by atoms with Crippen molar-refractivity contribution in [3.8, 4) is 11.8 Å². The molecule has 2 rings (SSSR count). The molecule has 7 nitrogen and oxygen atoms in total. The number of esters is 1. The van der Waals surface area contributed by atoms with Gasteiger partial charge in [-0.3, -0.25) is 9.59 Å². The molecule has 0 aliphatic carbocycles. The van der Waals surface area contributed by atoms with Gasteiger partial charge in [0, 0.05) is 31.0 Å². The predicted octanol–water partition coefficient (Wildman–Crippen LogP) is 2.01. The average molecular weight is 343 g/mol. The molecule has 132 valence electrons. The second-order valence-corrected chi connectivity index (χ2v) is 5.68. The Morgan fingerprint density at radius 1 is 1.44 bits per heavy atom. The number of rotatable bonds is 5. The Balaban J connectivity index is 1.95. The van der Waals surface area contributed by atoms with Gasteiger partial charge in [-0.15, -0.1) is 0 Å². The maximum Gasteiger partial charge on any atom is 0.309 e. The molecule has 1 aliphatic heterocycles. The van der Waals surface area contributed by atoms with Gasteiger partial charge in [0.25, 0.3) is 5.91 Å². The lowest BCUT2D eigenvalue weighted by Crippen LogP contribution is -2.41. The topological polar surface area (TPSA) is 103 Å². The maximum absolute atomic E-state index is 12.4. The Morgan fingerprint density at radius 2 is 2.16 bits per heavy atom. The molecule has 1 saturated heterocycles. The number of carbonyl (C=O) groups is 2. The summed E-state index contributed by atoms with van der Waals surface area (Å²) in [6.07, 6.45) is 2.39. The third-order valence-electron chi connectivity index (χ3n) is 3.98. The minimum absolute atomic E-state index is 0.0297. The summed E-state index contributed by atoms with van der Waals surface area (Å²) in [6, 6.07) is 8.27. The quantitative estimate of drug-likeness (QED) is 0.482. The SMILES string of the molecule is CCOC(=O)C1CCN(C(=O)/C(C#N)=C\Nc2cccc(O)c2)CC1. The molecule has 0 spiro atoms. The van der Waals surface area contributed by atoms with Crippen molar-refractivity contribution < 1.29 is 19.4 Å². The molecule has 1 heterocycles. The van der Waals surface area contributed by atoms with E-state index in [1.807, 2.05) is 6.07 Å². The van der Waals surface area contributed by atoms with Crippen LogP contribution in [-0.2, 0) is 14.3 Å². The number of anilines is 1. The van der Waals surface area contributed by atoms with E-state index in [1.165, 1.54) is 18.3 Å². The van der Waals surface area contributed by atoms with Gasteiger partial charge in [0.05, 0.1) is 12.5 Å². The second kappa shape index (κ2) is 8.73. The van der Waals surface area contributed by atoms with Crippen molar-refractivity contribution >= 4 is 17.6 Å². The normalized spacial score (nSPS) is 15.4. The van der Waals surface area contributed by atoms with Gasteiger partial charge in [-0.05, 0) is 31.9 Å². The Hall–Kier alpha value is -3.01. The van der Waals surface area contributed by atoms with Crippen LogP contribution < -0.4 is 5.32 Å². The number of ether oxygens (including phenoxy) is 1. The zero-order valence-electron chi connectivity index (χ0n) is 14.1. The highest BCUT2D eigenvalue weighted by Crippen LogP contribution is 2.20. The third-order valence-corrected chi connectivity index (χ3v) is 3.98. The number of carbonyl (C=O) groups excluding carboxylic acids is 2. The van der Waals surface area contributed by atoms with Gasteiger partial charge < -0.3 is 20.1 Å². The van der Waals surface area contributed by atoms with Crippen LogP contribution in [-0.4, -0.2) is 41.6 Å². The number of nitrogens with one attached hydrogen (secondary N) is 1. The van der Waals surface area contributed by atoms with Crippen LogP contribution in [0.1, 0.15) is 19.8 Å². The average Bonchev–Trinajstić information content (AvgIpc) is 2.62. The smallest absolute Gasteiger partial charge is 0.309 e. The van der Waals surface area contributed by atoms with Gasteiger partial charge in [0.2, 0.25) is 0 Å². The van der Waals surface area contributed by atoms with Crippen molar-refractivity contribution in [1.29, 1.82) is 5.26 Å². The zero-order valence-corrected chi connectivity index (χ0v) is 14.1. The van der Waals surface area contributed by atoms with E-state index >= 15 is 0 Å². The summed E-state index contributed by atoms with van der Waals surface area (Å²) in [5.74, 6) is -0.707. The van der Waals surface area contributed by atoms with E-state index in [9.17, 15) is 20.0 Å². The highest BCUT2D eigenvalue weighted by atomic mass is 16.5. The third kappa shape index (κ3) is 4.98. The molecule has 1 fully saturated rings. The molecule has 7 heteroatoms. The lowest BCUT2D eigenvalue weighted by molar-refractivity contribution is -0.150. The Morgan fingerprint density at radius 3 is 2.76 bits per heavy atom. The number of likely N-dealkylation sites (tertiary alicyclic amines) is 1. The van der Waals surface area contributed by atoms with Gasteiger partial charge in [-0.2, -0.15) is 5.26 Å². The van der Waals surface area contributed by atoms with E-state index in [2.05, 4.69) is 5.32 Å². The fraction of sp³-hybridized carbons (Fsp3) is 0.389. The molecule has 0 aromatic heterocycles. The first-order valence-electron chi connectivity index (χ1n) is 8.17. The van der Waals surface area contributed by atoms with Crippen LogP contribution in [0.3, 0.4) is 0 Å². The monoisotopic (exact) mass is 343 g/mol. The molecule has 25 heavy (non-hydrogen) atoms. The summed E-state index contributed by atoms with van der Waals surface area (Å²) in [7, 11) is 0. The lowest BCUT2D eigenvalue weighted by atomic mass is 9.96.